The molecule has 0 aromatic heterocycles. The molecule has 0 amide bonds. The van der Waals surface area contributed by atoms with E-state index >= 15 is 0 Å². The highest BCUT2D eigenvalue weighted by atomic mass is 35.5. The lowest BCUT2D eigenvalue weighted by Crippen LogP contribution is -2.17. The van der Waals surface area contributed by atoms with Crippen molar-refractivity contribution in [1.29, 1.82) is 0 Å². The zero-order valence-corrected chi connectivity index (χ0v) is 14.1. The second kappa shape index (κ2) is 7.62. The first-order chi connectivity index (χ1) is 12.5. The van der Waals surface area contributed by atoms with Crippen molar-refractivity contribution in [3.63, 3.8) is 0 Å². The van der Waals surface area contributed by atoms with Crippen molar-refractivity contribution in [2.24, 2.45) is 0 Å². The number of nitrogens with zero attached hydrogens (tertiary/aromatic N) is 1. The average Bonchev–Trinajstić information content (AvgIpc) is 2.60. The van der Waals surface area contributed by atoms with Gasteiger partial charge in [0.15, 0.2) is 0 Å². The standard InChI is InChI=1S/C16H9ClF3NO6/c1-26-15(23)14(22)10-7-9(3-4-12(10)21(24)25)27-13-5-2-8(6-11(13)17)16(18,19)20/h2-7H,1H3. The summed E-state index contributed by atoms with van der Waals surface area (Å²) in [5, 5.41) is 10.7. The molecule has 0 N–H and O–H groups in total. The number of alkyl halides is 3. The van der Waals surface area contributed by atoms with Gasteiger partial charge in [0.1, 0.15) is 17.1 Å². The highest BCUT2D eigenvalue weighted by Gasteiger charge is 2.31. The van der Waals surface area contributed by atoms with E-state index in [0.717, 1.165) is 37.4 Å². The van der Waals surface area contributed by atoms with E-state index in [1.807, 2.05) is 0 Å². The molecule has 0 aliphatic heterocycles. The van der Waals surface area contributed by atoms with E-state index in [9.17, 15) is 32.9 Å². The van der Waals surface area contributed by atoms with Crippen LogP contribution in [0.5, 0.6) is 11.5 Å². The summed E-state index contributed by atoms with van der Waals surface area (Å²) in [6.45, 7) is 0. The van der Waals surface area contributed by atoms with Crippen LogP contribution in [0.4, 0.5) is 18.9 Å². The molecule has 0 fully saturated rings. The monoisotopic (exact) mass is 403 g/mol. The predicted octanol–water partition coefficient (Wildman–Crippen LogP) is 4.42. The summed E-state index contributed by atoms with van der Waals surface area (Å²) in [7, 11) is 0.925. The number of nitro groups is 1. The van der Waals surface area contributed by atoms with Crippen molar-refractivity contribution < 1.29 is 37.2 Å². The van der Waals surface area contributed by atoms with Crippen LogP contribution in [-0.2, 0) is 15.7 Å². The molecule has 7 nitrogen and oxygen atoms in total. The maximum absolute atomic E-state index is 12.7. The summed E-state index contributed by atoms with van der Waals surface area (Å²) >= 11 is 5.77. The Morgan fingerprint density at radius 3 is 2.33 bits per heavy atom. The first-order valence-corrected chi connectivity index (χ1v) is 7.38. The van der Waals surface area contributed by atoms with E-state index < -0.39 is 39.7 Å². The number of methoxy groups -OCH3 is 1. The van der Waals surface area contributed by atoms with Crippen molar-refractivity contribution in [3.05, 3.63) is 62.7 Å². The fourth-order valence-corrected chi connectivity index (χ4v) is 2.23. The van der Waals surface area contributed by atoms with Gasteiger partial charge in [0.25, 0.3) is 11.5 Å². The number of carbonyl (C=O) groups excluding carboxylic acids is 2. The number of carbonyl (C=O) groups is 2. The van der Waals surface area contributed by atoms with E-state index in [1.165, 1.54) is 0 Å². The van der Waals surface area contributed by atoms with Crippen LogP contribution in [0, 0.1) is 10.1 Å². The molecule has 0 saturated heterocycles. The van der Waals surface area contributed by atoms with Crippen LogP contribution >= 0.6 is 11.6 Å². The van der Waals surface area contributed by atoms with Crippen molar-refractivity contribution in [2.45, 2.75) is 6.18 Å². The molecule has 0 saturated carbocycles. The Balaban J connectivity index is 2.42. The Hall–Kier alpha value is -3.14. The predicted molar refractivity (Wildman–Crippen MR) is 86.0 cm³/mol. The van der Waals surface area contributed by atoms with E-state index in [4.69, 9.17) is 16.3 Å². The van der Waals surface area contributed by atoms with E-state index in [0.29, 0.717) is 6.07 Å². The van der Waals surface area contributed by atoms with Crippen LogP contribution in [0.3, 0.4) is 0 Å². The lowest BCUT2D eigenvalue weighted by molar-refractivity contribution is -0.385. The van der Waals surface area contributed by atoms with Gasteiger partial charge in [0.2, 0.25) is 0 Å². The van der Waals surface area contributed by atoms with Crippen LogP contribution in [0.25, 0.3) is 0 Å². The van der Waals surface area contributed by atoms with Gasteiger partial charge in [0.05, 0.1) is 22.6 Å². The average molecular weight is 404 g/mol. The second-order valence-corrected chi connectivity index (χ2v) is 5.41. The number of ether oxygens (including phenoxy) is 2. The molecule has 0 aliphatic rings. The highest BCUT2D eigenvalue weighted by Crippen LogP contribution is 2.37. The molecule has 0 radical (unpaired) electrons. The second-order valence-electron chi connectivity index (χ2n) is 5.00. The summed E-state index contributed by atoms with van der Waals surface area (Å²) in [4.78, 5) is 33.5. The third-order valence-electron chi connectivity index (χ3n) is 3.27. The fourth-order valence-electron chi connectivity index (χ4n) is 2.01. The SMILES string of the molecule is COC(=O)C(=O)c1cc(Oc2ccc(C(F)(F)F)cc2Cl)ccc1[N+](=O)[O-]. The molecule has 11 heteroatoms. The van der Waals surface area contributed by atoms with Crippen LogP contribution < -0.4 is 4.74 Å². The number of nitro benzene ring substituents is 1. The van der Waals surface area contributed by atoms with Gasteiger partial charge >= 0.3 is 12.1 Å². The Morgan fingerprint density at radius 2 is 1.81 bits per heavy atom. The minimum absolute atomic E-state index is 0.158. The topological polar surface area (TPSA) is 95.7 Å². The first kappa shape index (κ1) is 20.2. The van der Waals surface area contributed by atoms with Crippen molar-refractivity contribution in [1.82, 2.24) is 0 Å². The van der Waals surface area contributed by atoms with Gasteiger partial charge in [-0.25, -0.2) is 4.79 Å². The highest BCUT2D eigenvalue weighted by molar-refractivity contribution is 6.41. The number of rotatable bonds is 5. The number of hydrogen-bond acceptors (Lipinski definition) is 6. The molecule has 27 heavy (non-hydrogen) atoms. The lowest BCUT2D eigenvalue weighted by Gasteiger charge is -2.11. The number of Topliss-reactive ketones (excluding diaryl/α,β-unsaturated/α-hetero) is 1. The van der Waals surface area contributed by atoms with Gasteiger partial charge in [-0.05, 0) is 30.3 Å². The third-order valence-corrected chi connectivity index (χ3v) is 3.56. The van der Waals surface area contributed by atoms with Gasteiger partial charge in [-0.3, -0.25) is 14.9 Å². The van der Waals surface area contributed by atoms with Gasteiger partial charge in [-0.1, -0.05) is 11.6 Å². The molecule has 2 aromatic carbocycles. The maximum atomic E-state index is 12.7. The smallest absolute Gasteiger partial charge is 0.416 e. The summed E-state index contributed by atoms with van der Waals surface area (Å²) in [5.74, 6) is -2.96. The van der Waals surface area contributed by atoms with E-state index in [1.54, 1.807) is 0 Å². The molecule has 2 aromatic rings. The molecule has 0 heterocycles. The Labute approximate surface area is 154 Å². The molecule has 0 atom stereocenters. The van der Waals surface area contributed by atoms with Crippen molar-refractivity contribution >= 4 is 29.0 Å². The zero-order chi connectivity index (χ0) is 20.4. The number of esters is 1. The summed E-state index contributed by atoms with van der Waals surface area (Å²) in [6, 6.07) is 5.22. The van der Waals surface area contributed by atoms with Gasteiger partial charge < -0.3 is 9.47 Å². The molecule has 0 bridgehead atoms. The Bertz CT molecular complexity index is 929. The number of benzene rings is 2. The largest absolute Gasteiger partial charge is 0.463 e. The van der Waals surface area contributed by atoms with Gasteiger partial charge in [0, 0.05) is 6.07 Å². The molecule has 0 spiro atoms. The minimum Gasteiger partial charge on any atom is -0.463 e. The Morgan fingerprint density at radius 1 is 1.15 bits per heavy atom. The van der Waals surface area contributed by atoms with Crippen LogP contribution in [0.2, 0.25) is 5.02 Å². The maximum Gasteiger partial charge on any atom is 0.416 e. The molecular formula is C16H9ClF3NO6. The van der Waals surface area contributed by atoms with Crippen molar-refractivity contribution in [3.8, 4) is 11.5 Å². The van der Waals surface area contributed by atoms with Crippen LogP contribution in [0.1, 0.15) is 15.9 Å². The quantitative estimate of drug-likeness (QED) is 0.241. The summed E-state index contributed by atoms with van der Waals surface area (Å²) in [5.41, 5.74) is -2.27. The van der Waals surface area contributed by atoms with Gasteiger partial charge in [-0.15, -0.1) is 0 Å². The fraction of sp³-hybridized carbons (Fsp3) is 0.125. The number of ketones is 1. The molecule has 2 rings (SSSR count). The third kappa shape index (κ3) is 4.53. The zero-order valence-electron chi connectivity index (χ0n) is 13.4. The van der Waals surface area contributed by atoms with Gasteiger partial charge in [-0.2, -0.15) is 13.2 Å². The van der Waals surface area contributed by atoms with E-state index in [2.05, 4.69) is 4.74 Å². The first-order valence-electron chi connectivity index (χ1n) is 7.00. The molecule has 0 aliphatic carbocycles. The number of halogens is 4. The Kier molecular flexibility index (Phi) is 5.69. The number of hydrogen-bond donors (Lipinski definition) is 0. The molecular weight excluding hydrogens is 395 g/mol. The normalized spacial score (nSPS) is 11.0. The van der Waals surface area contributed by atoms with Crippen LogP contribution in [0.15, 0.2) is 36.4 Å². The summed E-state index contributed by atoms with van der Waals surface area (Å²) < 4.78 is 47.5. The minimum atomic E-state index is -4.60. The lowest BCUT2D eigenvalue weighted by atomic mass is 10.1. The van der Waals surface area contributed by atoms with Crippen LogP contribution in [-0.4, -0.2) is 23.8 Å². The molecule has 142 valence electrons. The molecule has 0 unspecified atom stereocenters. The van der Waals surface area contributed by atoms with E-state index in [-0.39, 0.29) is 16.5 Å². The summed E-state index contributed by atoms with van der Waals surface area (Å²) in [6.07, 6.45) is -4.60. The van der Waals surface area contributed by atoms with Crippen molar-refractivity contribution in [2.75, 3.05) is 7.11 Å².